The van der Waals surface area contributed by atoms with Gasteiger partial charge in [-0.15, -0.1) is 11.8 Å². The van der Waals surface area contributed by atoms with Crippen LogP contribution >= 0.6 is 11.8 Å². The van der Waals surface area contributed by atoms with Gasteiger partial charge in [0.05, 0.1) is 23.2 Å². The SMILES string of the molecule is O=C(CCCCCC[C@@H]1[C@@H](CCC(O)CSc2ccccc2)[C@H](O)C[C@@H]1O)NS(=O)(=O)c1ccccc1. The topological polar surface area (TPSA) is 124 Å². The van der Waals surface area contributed by atoms with Crippen LogP contribution in [-0.4, -0.2) is 53.7 Å². The van der Waals surface area contributed by atoms with Crippen LogP contribution in [0.25, 0.3) is 0 Å². The van der Waals surface area contributed by atoms with Gasteiger partial charge in [0.25, 0.3) is 10.0 Å². The van der Waals surface area contributed by atoms with Crippen molar-refractivity contribution < 1.29 is 28.5 Å². The average Bonchev–Trinajstić information content (AvgIpc) is 3.16. The first-order chi connectivity index (χ1) is 17.8. The summed E-state index contributed by atoms with van der Waals surface area (Å²) in [4.78, 5) is 13.3. The number of carbonyl (C=O) groups excluding carboxylic acids is 1. The molecule has 1 aliphatic carbocycles. The van der Waals surface area contributed by atoms with E-state index >= 15 is 0 Å². The van der Waals surface area contributed by atoms with E-state index in [9.17, 15) is 28.5 Å². The first-order valence-corrected chi connectivity index (χ1v) is 15.6. The van der Waals surface area contributed by atoms with E-state index in [4.69, 9.17) is 0 Å². The smallest absolute Gasteiger partial charge is 0.264 e. The van der Waals surface area contributed by atoms with Crippen LogP contribution in [-0.2, 0) is 14.8 Å². The van der Waals surface area contributed by atoms with Crippen molar-refractivity contribution in [2.45, 2.75) is 85.9 Å². The highest BCUT2D eigenvalue weighted by Crippen LogP contribution is 2.39. The summed E-state index contributed by atoms with van der Waals surface area (Å²) in [6.45, 7) is 0. The van der Waals surface area contributed by atoms with Crippen molar-refractivity contribution >= 4 is 27.7 Å². The summed E-state index contributed by atoms with van der Waals surface area (Å²) in [6.07, 6.45) is 4.10. The predicted molar refractivity (Wildman–Crippen MR) is 145 cm³/mol. The lowest BCUT2D eigenvalue weighted by atomic mass is 9.85. The minimum Gasteiger partial charge on any atom is -0.393 e. The third-order valence-electron chi connectivity index (χ3n) is 7.03. The highest BCUT2D eigenvalue weighted by atomic mass is 32.2. The Bertz CT molecular complexity index is 1050. The molecule has 2 aromatic rings. The fourth-order valence-corrected chi connectivity index (χ4v) is 6.97. The normalized spacial score (nSPS) is 22.6. The van der Waals surface area contributed by atoms with E-state index in [1.807, 2.05) is 30.3 Å². The summed E-state index contributed by atoms with van der Waals surface area (Å²) >= 11 is 1.61. The molecule has 9 heteroatoms. The number of carbonyl (C=O) groups is 1. The number of rotatable bonds is 15. The molecule has 37 heavy (non-hydrogen) atoms. The maximum Gasteiger partial charge on any atom is 0.264 e. The quantitative estimate of drug-likeness (QED) is 0.195. The van der Waals surface area contributed by atoms with E-state index in [0.29, 0.717) is 31.4 Å². The second kappa shape index (κ2) is 14.9. The van der Waals surface area contributed by atoms with Gasteiger partial charge in [-0.05, 0) is 68.2 Å². The largest absolute Gasteiger partial charge is 0.393 e. The predicted octanol–water partition coefficient (Wildman–Crippen LogP) is 4.12. The third-order valence-corrected chi connectivity index (χ3v) is 9.58. The van der Waals surface area contributed by atoms with Crippen LogP contribution in [0.2, 0.25) is 0 Å². The highest BCUT2D eigenvalue weighted by molar-refractivity contribution is 7.99. The molecule has 1 aliphatic rings. The van der Waals surface area contributed by atoms with E-state index in [-0.39, 0.29) is 23.2 Å². The molecule has 0 heterocycles. The maximum absolute atomic E-state index is 12.2. The molecule has 3 rings (SSSR count). The lowest BCUT2D eigenvalue weighted by Gasteiger charge is -2.24. The van der Waals surface area contributed by atoms with Crippen LogP contribution in [0, 0.1) is 11.8 Å². The van der Waals surface area contributed by atoms with Gasteiger partial charge >= 0.3 is 0 Å². The number of nitrogens with one attached hydrogen (secondary N) is 1. The zero-order chi connectivity index (χ0) is 26.7. The van der Waals surface area contributed by atoms with E-state index in [2.05, 4.69) is 4.72 Å². The molecule has 0 aromatic heterocycles. The van der Waals surface area contributed by atoms with Crippen molar-refractivity contribution in [3.05, 3.63) is 60.7 Å². The van der Waals surface area contributed by atoms with Crippen molar-refractivity contribution in [2.75, 3.05) is 5.75 Å². The highest BCUT2D eigenvalue weighted by Gasteiger charge is 2.40. The van der Waals surface area contributed by atoms with Gasteiger partial charge in [0.15, 0.2) is 0 Å². The van der Waals surface area contributed by atoms with Crippen LogP contribution in [0.1, 0.15) is 57.8 Å². The molecule has 1 amide bonds. The fraction of sp³-hybridized carbons (Fsp3) is 0.536. The fourth-order valence-electron chi connectivity index (χ4n) is 5.04. The summed E-state index contributed by atoms with van der Waals surface area (Å²) in [5.74, 6) is 0.0613. The molecule has 4 N–H and O–H groups in total. The Labute approximate surface area is 224 Å². The molecule has 0 spiro atoms. The molecule has 0 bridgehead atoms. The number of sulfonamides is 1. The maximum atomic E-state index is 12.2. The van der Waals surface area contributed by atoms with E-state index in [0.717, 1.165) is 30.6 Å². The van der Waals surface area contributed by atoms with Gasteiger partial charge in [-0.2, -0.15) is 0 Å². The molecule has 2 aromatic carbocycles. The third kappa shape index (κ3) is 9.72. The summed E-state index contributed by atoms with van der Waals surface area (Å²) in [5.41, 5.74) is 0. The van der Waals surface area contributed by atoms with Crippen LogP contribution in [0.4, 0.5) is 0 Å². The standard InChI is InChI=1S/C28H39NO6S2/c30-21(20-36-22-11-5-3-6-12-22)17-18-25-24(26(31)19-27(25)32)15-9-1-2-10-16-28(33)29-37(34,35)23-13-7-4-8-14-23/h3-8,11-14,21,24-27,30-32H,1-2,9-10,15-20H2,(H,29,33)/t21?,24-,25-,26+,27-/m1/s1. The first kappa shape index (κ1) is 29.6. The van der Waals surface area contributed by atoms with E-state index in [1.54, 1.807) is 30.0 Å². The Morgan fingerprint density at radius 2 is 1.49 bits per heavy atom. The molecule has 1 fully saturated rings. The lowest BCUT2D eigenvalue weighted by molar-refractivity contribution is -0.119. The van der Waals surface area contributed by atoms with Gasteiger partial charge in [0.1, 0.15) is 0 Å². The molecule has 1 saturated carbocycles. The zero-order valence-corrected chi connectivity index (χ0v) is 22.7. The van der Waals surface area contributed by atoms with E-state index in [1.165, 1.54) is 12.1 Å². The molecule has 1 unspecified atom stereocenters. The van der Waals surface area contributed by atoms with Crippen molar-refractivity contribution in [3.63, 3.8) is 0 Å². The van der Waals surface area contributed by atoms with Crippen LogP contribution in [0.5, 0.6) is 0 Å². The summed E-state index contributed by atoms with van der Waals surface area (Å²) < 4.78 is 26.5. The number of benzene rings is 2. The summed E-state index contributed by atoms with van der Waals surface area (Å²) in [5, 5.41) is 31.4. The molecular formula is C28H39NO6S2. The summed E-state index contributed by atoms with van der Waals surface area (Å²) in [7, 11) is -3.84. The Morgan fingerprint density at radius 3 is 2.16 bits per heavy atom. The summed E-state index contributed by atoms with van der Waals surface area (Å²) in [6, 6.07) is 17.8. The second-order valence-electron chi connectivity index (χ2n) is 9.85. The molecule has 7 nitrogen and oxygen atoms in total. The molecule has 0 saturated heterocycles. The second-order valence-corrected chi connectivity index (χ2v) is 12.6. The minimum atomic E-state index is -3.84. The number of hydrogen-bond donors (Lipinski definition) is 4. The number of aliphatic hydroxyl groups excluding tert-OH is 3. The van der Waals surface area contributed by atoms with Crippen molar-refractivity contribution in [3.8, 4) is 0 Å². The number of aliphatic hydroxyl groups is 3. The minimum absolute atomic E-state index is 0.00305. The molecule has 0 aliphatic heterocycles. The number of hydrogen-bond acceptors (Lipinski definition) is 7. The Morgan fingerprint density at radius 1 is 0.892 bits per heavy atom. The van der Waals surface area contributed by atoms with Crippen LogP contribution in [0.3, 0.4) is 0 Å². The van der Waals surface area contributed by atoms with Crippen molar-refractivity contribution in [2.24, 2.45) is 11.8 Å². The number of unbranched alkanes of at least 4 members (excludes halogenated alkanes) is 3. The van der Waals surface area contributed by atoms with E-state index < -0.39 is 34.2 Å². The van der Waals surface area contributed by atoms with Gasteiger partial charge in [-0.1, -0.05) is 55.7 Å². The zero-order valence-electron chi connectivity index (χ0n) is 21.1. The van der Waals surface area contributed by atoms with Crippen LogP contribution < -0.4 is 4.72 Å². The molecular weight excluding hydrogens is 510 g/mol. The molecule has 0 radical (unpaired) electrons. The van der Waals surface area contributed by atoms with Gasteiger partial charge < -0.3 is 15.3 Å². The monoisotopic (exact) mass is 549 g/mol. The first-order valence-electron chi connectivity index (χ1n) is 13.1. The van der Waals surface area contributed by atoms with Gasteiger partial charge in [0, 0.05) is 17.1 Å². The number of thioether (sulfide) groups is 1. The number of amides is 1. The Kier molecular flexibility index (Phi) is 11.9. The van der Waals surface area contributed by atoms with Crippen molar-refractivity contribution in [1.29, 1.82) is 0 Å². The molecule has 5 atom stereocenters. The van der Waals surface area contributed by atoms with Crippen molar-refractivity contribution in [1.82, 2.24) is 4.72 Å². The Balaban J connectivity index is 1.32. The van der Waals surface area contributed by atoms with Gasteiger partial charge in [-0.25, -0.2) is 13.1 Å². The Hall–Kier alpha value is -1.91. The molecule has 204 valence electrons. The van der Waals surface area contributed by atoms with Crippen LogP contribution in [0.15, 0.2) is 70.5 Å². The van der Waals surface area contributed by atoms with Gasteiger partial charge in [-0.3, -0.25) is 4.79 Å². The average molecular weight is 550 g/mol. The lowest BCUT2D eigenvalue weighted by Crippen LogP contribution is -2.30. The van der Waals surface area contributed by atoms with Gasteiger partial charge in [0.2, 0.25) is 5.91 Å².